The van der Waals surface area contributed by atoms with Crippen molar-refractivity contribution in [2.45, 2.75) is 37.9 Å². The smallest absolute Gasteiger partial charge is 0.103 e. The summed E-state index contributed by atoms with van der Waals surface area (Å²) in [7, 11) is 5.57. The molecule has 0 spiro atoms. The highest BCUT2D eigenvalue weighted by Crippen LogP contribution is 2.27. The van der Waals surface area contributed by atoms with Crippen LogP contribution < -0.4 is 4.90 Å². The fourth-order valence-corrected chi connectivity index (χ4v) is 3.37. The molecule has 1 N–H and O–H groups in total. The topological polar surface area (TPSA) is 48.8 Å². The largest absolute Gasteiger partial charge is 0.388 e. The summed E-state index contributed by atoms with van der Waals surface area (Å²) < 4.78 is 5.74. The Morgan fingerprint density at radius 1 is 1.48 bits per heavy atom. The van der Waals surface area contributed by atoms with Crippen LogP contribution in [-0.4, -0.2) is 60.5 Å². The van der Waals surface area contributed by atoms with Gasteiger partial charge in [-0.15, -0.1) is 11.7 Å². The number of pyridine rings is 1. The van der Waals surface area contributed by atoms with Gasteiger partial charge in [-0.2, -0.15) is 0 Å². The third-order valence-electron chi connectivity index (χ3n) is 3.88. The first-order chi connectivity index (χ1) is 10.8. The number of morpholine rings is 1. The molecule has 1 aliphatic heterocycles. The maximum atomic E-state index is 10.2. The van der Waals surface area contributed by atoms with Gasteiger partial charge in [0, 0.05) is 25.4 Å². The normalized spacial score (nSPS) is 19.4. The molecule has 0 aromatic carbocycles. The Hall–Kier alpha value is -0.470. The molecule has 130 valence electrons. The molecule has 1 aromatic heterocycles. The van der Waals surface area contributed by atoms with Crippen LogP contribution in [0.3, 0.4) is 0 Å². The number of nitrogens with zero attached hydrogens (tertiary/aromatic N) is 3. The van der Waals surface area contributed by atoms with Crippen molar-refractivity contribution >= 4 is 28.1 Å². The van der Waals surface area contributed by atoms with Gasteiger partial charge in [0.25, 0.3) is 0 Å². The van der Waals surface area contributed by atoms with Gasteiger partial charge in [0.15, 0.2) is 0 Å². The number of aromatic nitrogens is 1. The van der Waals surface area contributed by atoms with Gasteiger partial charge in [0.1, 0.15) is 6.10 Å². The average molecular weight is 358 g/mol. The minimum absolute atomic E-state index is 0.198. The van der Waals surface area contributed by atoms with Crippen LogP contribution in [0, 0.1) is 0 Å². The van der Waals surface area contributed by atoms with E-state index in [2.05, 4.69) is 33.6 Å². The van der Waals surface area contributed by atoms with Crippen LogP contribution in [0.1, 0.15) is 25.2 Å². The van der Waals surface area contributed by atoms with E-state index in [1.54, 1.807) is 13.8 Å². The van der Waals surface area contributed by atoms with E-state index in [1.807, 2.05) is 14.1 Å². The van der Waals surface area contributed by atoms with Crippen LogP contribution in [-0.2, 0) is 17.0 Å². The lowest BCUT2D eigenvalue weighted by atomic mass is 10.00. The van der Waals surface area contributed by atoms with E-state index in [9.17, 15) is 5.11 Å². The van der Waals surface area contributed by atoms with Crippen molar-refractivity contribution < 1.29 is 9.84 Å². The summed E-state index contributed by atoms with van der Waals surface area (Å²) in [5.74, 6) is 0.791. The molecular weight excluding hydrogens is 330 g/mol. The molecular formula is C16H27N3O2S2. The molecule has 2 rings (SSSR count). The fraction of sp³-hybridized carbons (Fsp3) is 0.688. The zero-order valence-electron chi connectivity index (χ0n) is 14.3. The Morgan fingerprint density at radius 2 is 2.22 bits per heavy atom. The molecule has 1 saturated heterocycles. The van der Waals surface area contributed by atoms with E-state index in [0.29, 0.717) is 13.2 Å². The SMILES string of the molecule is CN(C)Cc1nc(CSS)ccc1N1CCOC(C(C)(C)O)C1. The number of hydrogen-bond acceptors (Lipinski definition) is 7. The number of aliphatic hydroxyl groups is 1. The Labute approximate surface area is 148 Å². The second kappa shape index (κ2) is 8.07. The standard InChI is InChI=1S/C16H27N3O2S2/c1-16(2,20)15-10-19(7-8-21-15)14-6-5-12(11-23-22)17-13(14)9-18(3)4/h5-6,15,20,22H,7-11H2,1-4H3. The first-order valence-electron chi connectivity index (χ1n) is 7.80. The number of rotatable bonds is 6. The van der Waals surface area contributed by atoms with Crippen LogP contribution in [0.15, 0.2) is 12.1 Å². The molecule has 5 nitrogen and oxygen atoms in total. The predicted molar refractivity (Wildman–Crippen MR) is 100 cm³/mol. The zero-order chi connectivity index (χ0) is 17.0. The lowest BCUT2D eigenvalue weighted by Gasteiger charge is -2.40. The minimum Gasteiger partial charge on any atom is -0.388 e. The van der Waals surface area contributed by atoms with Gasteiger partial charge in [0.05, 0.1) is 29.3 Å². The van der Waals surface area contributed by atoms with Gasteiger partial charge in [0.2, 0.25) is 0 Å². The molecule has 0 radical (unpaired) electrons. The van der Waals surface area contributed by atoms with Crippen molar-refractivity contribution in [3.63, 3.8) is 0 Å². The highest BCUT2D eigenvalue weighted by molar-refractivity contribution is 8.68. The molecule has 0 saturated carbocycles. The number of hydrogen-bond donors (Lipinski definition) is 2. The summed E-state index contributed by atoms with van der Waals surface area (Å²) in [5.41, 5.74) is 2.38. The van der Waals surface area contributed by atoms with Crippen molar-refractivity contribution in [2.75, 3.05) is 38.7 Å². The van der Waals surface area contributed by atoms with E-state index >= 15 is 0 Å². The van der Waals surface area contributed by atoms with Crippen LogP contribution in [0.5, 0.6) is 0 Å². The van der Waals surface area contributed by atoms with Crippen molar-refractivity contribution in [2.24, 2.45) is 0 Å². The molecule has 23 heavy (non-hydrogen) atoms. The molecule has 1 atom stereocenters. The second-order valence-corrected chi connectivity index (χ2v) is 8.06. The molecule has 7 heteroatoms. The first kappa shape index (κ1) is 18.9. The van der Waals surface area contributed by atoms with Gasteiger partial charge in [-0.05, 0) is 40.1 Å². The van der Waals surface area contributed by atoms with E-state index in [1.165, 1.54) is 10.8 Å². The van der Waals surface area contributed by atoms with E-state index < -0.39 is 5.60 Å². The van der Waals surface area contributed by atoms with Gasteiger partial charge in [-0.1, -0.05) is 10.8 Å². The Bertz CT molecular complexity index is 521. The molecule has 0 amide bonds. The quantitative estimate of drug-likeness (QED) is 0.601. The predicted octanol–water partition coefficient (Wildman–Crippen LogP) is 2.20. The summed E-state index contributed by atoms with van der Waals surface area (Å²) in [6.45, 7) is 6.48. The molecule has 2 heterocycles. The first-order valence-corrected chi connectivity index (χ1v) is 9.84. The fourth-order valence-electron chi connectivity index (χ4n) is 2.68. The Balaban J connectivity index is 2.26. The highest BCUT2D eigenvalue weighted by atomic mass is 33.1. The third kappa shape index (κ3) is 5.26. The van der Waals surface area contributed by atoms with Crippen molar-refractivity contribution in [1.82, 2.24) is 9.88 Å². The Kier molecular flexibility index (Phi) is 6.62. The van der Waals surface area contributed by atoms with Crippen molar-refractivity contribution in [3.8, 4) is 0 Å². The molecule has 1 unspecified atom stereocenters. The minimum atomic E-state index is -0.851. The number of anilines is 1. The summed E-state index contributed by atoms with van der Waals surface area (Å²) in [5, 5.41) is 10.2. The van der Waals surface area contributed by atoms with Crippen LogP contribution in [0.25, 0.3) is 0 Å². The second-order valence-electron chi connectivity index (χ2n) is 6.74. The molecule has 1 fully saturated rings. The third-order valence-corrected chi connectivity index (χ3v) is 4.69. The molecule has 0 bridgehead atoms. The van der Waals surface area contributed by atoms with E-state index in [0.717, 1.165) is 35.9 Å². The van der Waals surface area contributed by atoms with E-state index in [4.69, 9.17) is 9.72 Å². The number of ether oxygens (including phenoxy) is 1. The maximum absolute atomic E-state index is 10.2. The summed E-state index contributed by atoms with van der Waals surface area (Å²) >= 11 is 4.22. The van der Waals surface area contributed by atoms with Crippen molar-refractivity contribution in [1.29, 1.82) is 0 Å². The summed E-state index contributed by atoms with van der Waals surface area (Å²) in [4.78, 5) is 9.20. The molecule has 1 aliphatic rings. The highest BCUT2D eigenvalue weighted by Gasteiger charge is 2.33. The van der Waals surface area contributed by atoms with Gasteiger partial charge >= 0.3 is 0 Å². The summed E-state index contributed by atoms with van der Waals surface area (Å²) in [6, 6.07) is 4.20. The monoisotopic (exact) mass is 357 g/mol. The van der Waals surface area contributed by atoms with Gasteiger partial charge in [-0.3, -0.25) is 4.98 Å². The summed E-state index contributed by atoms with van der Waals surface area (Å²) in [6.07, 6.45) is -0.198. The zero-order valence-corrected chi connectivity index (χ0v) is 16.0. The van der Waals surface area contributed by atoms with Gasteiger partial charge in [-0.25, -0.2) is 0 Å². The molecule has 1 aromatic rings. The number of thiol groups is 1. The molecule has 0 aliphatic carbocycles. The Morgan fingerprint density at radius 3 is 2.83 bits per heavy atom. The van der Waals surface area contributed by atoms with Crippen LogP contribution in [0.2, 0.25) is 0 Å². The van der Waals surface area contributed by atoms with Gasteiger partial charge < -0.3 is 19.6 Å². The lowest BCUT2D eigenvalue weighted by molar-refractivity contribution is -0.0928. The van der Waals surface area contributed by atoms with Crippen molar-refractivity contribution in [3.05, 3.63) is 23.5 Å². The van der Waals surface area contributed by atoms with Crippen LogP contribution >= 0.6 is 22.5 Å². The van der Waals surface area contributed by atoms with E-state index in [-0.39, 0.29) is 6.10 Å². The maximum Gasteiger partial charge on any atom is 0.103 e. The lowest BCUT2D eigenvalue weighted by Crippen LogP contribution is -2.52. The van der Waals surface area contributed by atoms with Crippen LogP contribution in [0.4, 0.5) is 5.69 Å². The average Bonchev–Trinajstić information content (AvgIpc) is 2.46.